The summed E-state index contributed by atoms with van der Waals surface area (Å²) < 4.78 is 14.4. The van der Waals surface area contributed by atoms with Gasteiger partial charge in [0.25, 0.3) is 0 Å². The third kappa shape index (κ3) is 3.86. The molecule has 7 nitrogen and oxygen atoms in total. The lowest BCUT2D eigenvalue weighted by Crippen LogP contribution is -2.48. The number of likely N-dealkylation sites (tertiary alicyclic amines) is 1. The van der Waals surface area contributed by atoms with Crippen LogP contribution in [0, 0.1) is 5.92 Å². The number of rotatable bonds is 4. The van der Waals surface area contributed by atoms with Crippen molar-refractivity contribution < 1.29 is 9.35 Å². The molecule has 0 aromatic carbocycles. The van der Waals surface area contributed by atoms with Crippen LogP contribution in [0.3, 0.4) is 0 Å². The lowest BCUT2D eigenvalue weighted by molar-refractivity contribution is 0.171. The Bertz CT molecular complexity index is 741. The van der Waals surface area contributed by atoms with Gasteiger partial charge in [0, 0.05) is 61.4 Å². The van der Waals surface area contributed by atoms with Crippen molar-refractivity contribution in [2.45, 2.75) is 36.5 Å². The molecule has 0 bridgehead atoms. The molecule has 0 radical (unpaired) electrons. The van der Waals surface area contributed by atoms with Crippen molar-refractivity contribution in [3.05, 3.63) is 36.8 Å². The quantitative estimate of drug-likeness (QED) is 0.833. The molecule has 3 heterocycles. The molecule has 8 heteroatoms. The van der Waals surface area contributed by atoms with E-state index in [4.69, 9.17) is 0 Å². The zero-order chi connectivity index (χ0) is 18.7. The average Bonchev–Trinajstić information content (AvgIpc) is 3.07. The minimum absolute atomic E-state index is 0.0970. The number of hydrogen-bond acceptors (Lipinski definition) is 4. The molecule has 1 aliphatic heterocycles. The molecule has 26 heavy (non-hydrogen) atoms. The SMILES string of the molecule is Cn1nccc1[S+]([O-])C(C)(C)C1CCN(C(=O)Nc2ccncc2)CC1. The molecule has 1 unspecified atom stereocenters. The molecule has 3 rings (SSSR count). The number of hydrogen-bond donors (Lipinski definition) is 1. The molecule has 140 valence electrons. The molecule has 2 amide bonds. The van der Waals surface area contributed by atoms with E-state index in [1.54, 1.807) is 35.4 Å². The van der Waals surface area contributed by atoms with Crippen molar-refractivity contribution in [3.63, 3.8) is 0 Å². The first-order valence-electron chi connectivity index (χ1n) is 8.75. The molecule has 0 saturated carbocycles. The minimum atomic E-state index is -1.15. The Kier molecular flexibility index (Phi) is 5.52. The summed E-state index contributed by atoms with van der Waals surface area (Å²) in [6.45, 7) is 5.42. The Morgan fingerprint density at radius 1 is 1.23 bits per heavy atom. The second-order valence-electron chi connectivity index (χ2n) is 7.09. The maximum Gasteiger partial charge on any atom is 0.321 e. The number of carbonyl (C=O) groups excluding carboxylic acids is 1. The number of aryl methyl sites for hydroxylation is 1. The summed E-state index contributed by atoms with van der Waals surface area (Å²) in [6.07, 6.45) is 6.65. The number of piperidine rings is 1. The summed E-state index contributed by atoms with van der Waals surface area (Å²) >= 11 is -1.15. The monoisotopic (exact) mass is 375 g/mol. The van der Waals surface area contributed by atoms with Gasteiger partial charge in [0.15, 0.2) is 0 Å². The van der Waals surface area contributed by atoms with E-state index in [2.05, 4.69) is 15.4 Å². The molecule has 0 aliphatic carbocycles. The third-order valence-electron chi connectivity index (χ3n) is 5.14. The van der Waals surface area contributed by atoms with Gasteiger partial charge in [-0.05, 0) is 38.8 Å². The van der Waals surface area contributed by atoms with Gasteiger partial charge in [0.1, 0.15) is 4.75 Å². The van der Waals surface area contributed by atoms with E-state index in [0.717, 1.165) is 23.6 Å². The Morgan fingerprint density at radius 2 is 1.88 bits per heavy atom. The average molecular weight is 375 g/mol. The summed E-state index contributed by atoms with van der Waals surface area (Å²) in [6, 6.07) is 5.25. The largest absolute Gasteiger partial charge is 0.610 e. The van der Waals surface area contributed by atoms with Gasteiger partial charge in [0.2, 0.25) is 5.03 Å². The van der Waals surface area contributed by atoms with Gasteiger partial charge in [-0.25, -0.2) is 9.48 Å². The smallest absolute Gasteiger partial charge is 0.321 e. The molecule has 1 atom stereocenters. The Balaban J connectivity index is 1.59. The van der Waals surface area contributed by atoms with Gasteiger partial charge in [-0.1, -0.05) is 0 Å². The standard InChI is InChI=1S/C18H25N5O2S/c1-18(2,26(25)16-6-11-20-22(16)3)14-7-12-23(13-8-14)17(24)21-15-4-9-19-10-5-15/h4-6,9-11,14H,7-8,12-13H2,1-3H3,(H,19,21,24). The van der Waals surface area contributed by atoms with Gasteiger partial charge in [-0.2, -0.15) is 5.10 Å². The number of anilines is 1. The van der Waals surface area contributed by atoms with Gasteiger partial charge in [0.05, 0.1) is 6.20 Å². The van der Waals surface area contributed by atoms with Crippen molar-refractivity contribution in [2.24, 2.45) is 13.0 Å². The van der Waals surface area contributed by atoms with Crippen molar-refractivity contribution in [3.8, 4) is 0 Å². The highest BCUT2D eigenvalue weighted by atomic mass is 32.2. The first kappa shape index (κ1) is 18.7. The Hall–Kier alpha value is -2.06. The van der Waals surface area contributed by atoms with E-state index in [-0.39, 0.29) is 16.7 Å². The number of nitrogens with one attached hydrogen (secondary N) is 1. The van der Waals surface area contributed by atoms with E-state index in [1.807, 2.05) is 31.9 Å². The number of pyridine rings is 1. The van der Waals surface area contributed by atoms with Crippen molar-refractivity contribution >= 4 is 22.9 Å². The topological polar surface area (TPSA) is 86.1 Å². The number of amides is 2. The zero-order valence-corrected chi connectivity index (χ0v) is 16.2. The van der Waals surface area contributed by atoms with Gasteiger partial charge >= 0.3 is 6.03 Å². The molecule has 0 spiro atoms. The summed E-state index contributed by atoms with van der Waals surface area (Å²) in [5.74, 6) is 0.281. The van der Waals surface area contributed by atoms with E-state index < -0.39 is 11.2 Å². The predicted molar refractivity (Wildman–Crippen MR) is 101 cm³/mol. The fourth-order valence-corrected chi connectivity index (χ4v) is 4.93. The predicted octanol–water partition coefficient (Wildman–Crippen LogP) is 2.65. The van der Waals surface area contributed by atoms with Crippen LogP contribution in [0.5, 0.6) is 0 Å². The molecule has 1 N–H and O–H groups in total. The van der Waals surface area contributed by atoms with Crippen LogP contribution in [0.15, 0.2) is 41.8 Å². The van der Waals surface area contributed by atoms with E-state index >= 15 is 0 Å². The van der Waals surface area contributed by atoms with Crippen LogP contribution in [0.2, 0.25) is 0 Å². The molecule has 1 saturated heterocycles. The highest BCUT2D eigenvalue weighted by Crippen LogP contribution is 2.37. The Morgan fingerprint density at radius 3 is 2.46 bits per heavy atom. The number of carbonyl (C=O) groups is 1. The summed E-state index contributed by atoms with van der Waals surface area (Å²) in [4.78, 5) is 18.2. The van der Waals surface area contributed by atoms with Crippen LogP contribution < -0.4 is 5.32 Å². The summed E-state index contributed by atoms with van der Waals surface area (Å²) in [7, 11) is 1.81. The lowest BCUT2D eigenvalue weighted by atomic mass is 9.86. The van der Waals surface area contributed by atoms with Gasteiger partial charge < -0.3 is 14.8 Å². The van der Waals surface area contributed by atoms with Crippen LogP contribution in [0.25, 0.3) is 0 Å². The fourth-order valence-electron chi connectivity index (χ4n) is 3.38. The van der Waals surface area contributed by atoms with E-state index in [1.165, 1.54) is 0 Å². The van der Waals surface area contributed by atoms with Crippen molar-refractivity contribution in [2.75, 3.05) is 18.4 Å². The molecular formula is C18H25N5O2S. The maximum atomic E-state index is 13.1. The second kappa shape index (κ2) is 7.67. The highest BCUT2D eigenvalue weighted by Gasteiger charge is 2.44. The first-order valence-corrected chi connectivity index (χ1v) is 9.90. The van der Waals surface area contributed by atoms with Crippen LogP contribution in [-0.4, -0.2) is 48.1 Å². The zero-order valence-electron chi connectivity index (χ0n) is 15.4. The molecular weight excluding hydrogens is 350 g/mol. The normalized spacial score (nSPS) is 17.2. The summed E-state index contributed by atoms with van der Waals surface area (Å²) in [5, 5.41) is 7.77. The van der Waals surface area contributed by atoms with Crippen LogP contribution in [0.4, 0.5) is 10.5 Å². The van der Waals surface area contributed by atoms with Gasteiger partial charge in [-0.3, -0.25) is 4.98 Å². The van der Waals surface area contributed by atoms with Crippen molar-refractivity contribution in [1.29, 1.82) is 0 Å². The molecule has 2 aromatic heterocycles. The van der Waals surface area contributed by atoms with Crippen LogP contribution >= 0.6 is 0 Å². The Labute approximate surface area is 157 Å². The number of nitrogens with zero attached hydrogens (tertiary/aromatic N) is 4. The number of urea groups is 1. The van der Waals surface area contributed by atoms with Crippen molar-refractivity contribution in [1.82, 2.24) is 19.7 Å². The van der Waals surface area contributed by atoms with E-state index in [9.17, 15) is 9.35 Å². The molecule has 1 fully saturated rings. The highest BCUT2D eigenvalue weighted by molar-refractivity contribution is 7.92. The van der Waals surface area contributed by atoms with Gasteiger partial charge in [-0.15, -0.1) is 0 Å². The van der Waals surface area contributed by atoms with E-state index in [0.29, 0.717) is 13.1 Å². The lowest BCUT2D eigenvalue weighted by Gasteiger charge is -2.40. The van der Waals surface area contributed by atoms with Crippen LogP contribution in [-0.2, 0) is 18.2 Å². The molecule has 2 aromatic rings. The third-order valence-corrected chi connectivity index (χ3v) is 7.21. The first-order chi connectivity index (χ1) is 12.4. The molecule has 1 aliphatic rings. The fraction of sp³-hybridized carbons (Fsp3) is 0.500. The number of aromatic nitrogens is 3. The maximum absolute atomic E-state index is 13.1. The minimum Gasteiger partial charge on any atom is -0.610 e. The summed E-state index contributed by atoms with van der Waals surface area (Å²) in [5.41, 5.74) is 0.741. The second-order valence-corrected chi connectivity index (χ2v) is 9.10. The van der Waals surface area contributed by atoms with Crippen LogP contribution in [0.1, 0.15) is 26.7 Å².